The molecule has 0 aliphatic rings. The molecule has 0 aliphatic carbocycles. The van der Waals surface area contributed by atoms with E-state index in [0.29, 0.717) is 12.5 Å². The molecule has 1 heterocycles. The summed E-state index contributed by atoms with van der Waals surface area (Å²) < 4.78 is 0. The molecule has 6 nitrogen and oxygen atoms in total. The van der Waals surface area contributed by atoms with Crippen molar-refractivity contribution in [1.29, 1.82) is 0 Å². The molecule has 1 rings (SSSR count). The van der Waals surface area contributed by atoms with Gasteiger partial charge in [-0.3, -0.25) is 4.79 Å². The Labute approximate surface area is 126 Å². The average molecular weight is 292 g/mol. The molecule has 1 amide bonds. The highest BCUT2D eigenvalue weighted by Gasteiger charge is 2.20. The summed E-state index contributed by atoms with van der Waals surface area (Å²) in [6.45, 7) is 4.35. The number of nitrogens with zero attached hydrogens (tertiary/aromatic N) is 4. The van der Waals surface area contributed by atoms with Crippen LogP contribution < -0.4 is 4.90 Å². The van der Waals surface area contributed by atoms with Crippen molar-refractivity contribution in [2.45, 2.75) is 13.8 Å². The van der Waals surface area contributed by atoms with Gasteiger partial charge in [-0.15, -0.1) is 0 Å². The Bertz CT molecular complexity index is 495. The number of carbonyl (C=O) groups is 1. The first-order chi connectivity index (χ1) is 9.75. The van der Waals surface area contributed by atoms with E-state index in [0.717, 1.165) is 5.56 Å². The summed E-state index contributed by atoms with van der Waals surface area (Å²) in [5.74, 6) is 0.508. The molecule has 1 aromatic heterocycles. The molecule has 21 heavy (non-hydrogen) atoms. The molecule has 0 saturated heterocycles. The SMILES string of the molecule is CN(CC(C)(C)CO)C(=O)/C=C/c1cnc(N(C)C)nc1. The standard InChI is InChI=1S/C15H24N4O2/c1-15(2,11-20)10-19(5)13(21)7-6-12-8-16-14(17-9-12)18(3)4/h6-9,20H,10-11H2,1-5H3/b7-6+. The third-order valence-electron chi connectivity index (χ3n) is 2.95. The van der Waals surface area contributed by atoms with Gasteiger partial charge in [-0.1, -0.05) is 13.8 Å². The van der Waals surface area contributed by atoms with Crippen molar-refractivity contribution in [2.24, 2.45) is 5.41 Å². The summed E-state index contributed by atoms with van der Waals surface area (Å²) in [4.78, 5) is 23.7. The highest BCUT2D eigenvalue weighted by molar-refractivity contribution is 5.91. The van der Waals surface area contributed by atoms with Gasteiger partial charge in [-0.05, 0) is 6.08 Å². The number of likely N-dealkylation sites (N-methyl/N-ethyl adjacent to an activating group) is 1. The molecule has 0 aliphatic heterocycles. The number of aromatic nitrogens is 2. The highest BCUT2D eigenvalue weighted by atomic mass is 16.3. The first kappa shape index (κ1) is 17.1. The van der Waals surface area contributed by atoms with Gasteiger partial charge in [0.15, 0.2) is 0 Å². The maximum Gasteiger partial charge on any atom is 0.246 e. The zero-order valence-corrected chi connectivity index (χ0v) is 13.4. The molecule has 6 heteroatoms. The van der Waals surface area contributed by atoms with Gasteiger partial charge in [0.05, 0.1) is 0 Å². The summed E-state index contributed by atoms with van der Waals surface area (Å²) >= 11 is 0. The molecule has 0 radical (unpaired) electrons. The van der Waals surface area contributed by atoms with E-state index in [-0.39, 0.29) is 17.9 Å². The van der Waals surface area contributed by atoms with Crippen molar-refractivity contribution in [3.05, 3.63) is 24.0 Å². The number of rotatable bonds is 6. The summed E-state index contributed by atoms with van der Waals surface area (Å²) in [7, 11) is 5.45. The van der Waals surface area contributed by atoms with Gasteiger partial charge >= 0.3 is 0 Å². The lowest BCUT2D eigenvalue weighted by Crippen LogP contribution is -2.36. The van der Waals surface area contributed by atoms with E-state index in [1.807, 2.05) is 32.8 Å². The second-order valence-electron chi connectivity index (χ2n) is 6.06. The van der Waals surface area contributed by atoms with Gasteiger partial charge in [0.25, 0.3) is 0 Å². The predicted molar refractivity (Wildman–Crippen MR) is 83.9 cm³/mol. The number of aliphatic hydroxyl groups excluding tert-OH is 1. The lowest BCUT2D eigenvalue weighted by molar-refractivity contribution is -0.126. The summed E-state index contributed by atoms with van der Waals surface area (Å²) in [5, 5.41) is 9.23. The fourth-order valence-electron chi connectivity index (χ4n) is 1.71. The van der Waals surface area contributed by atoms with Crippen LogP contribution in [0.2, 0.25) is 0 Å². The monoisotopic (exact) mass is 292 g/mol. The summed E-state index contributed by atoms with van der Waals surface area (Å²) in [6.07, 6.45) is 6.51. The van der Waals surface area contributed by atoms with Crippen LogP contribution in [0.15, 0.2) is 18.5 Å². The second kappa shape index (κ2) is 7.17. The molecule has 0 aromatic carbocycles. The van der Waals surface area contributed by atoms with Crippen LogP contribution in [0.5, 0.6) is 0 Å². The topological polar surface area (TPSA) is 69.6 Å². The van der Waals surface area contributed by atoms with Crippen LogP contribution in [0.1, 0.15) is 19.4 Å². The van der Waals surface area contributed by atoms with Crippen LogP contribution in [0.25, 0.3) is 6.08 Å². The Hall–Kier alpha value is -1.95. The third-order valence-corrected chi connectivity index (χ3v) is 2.95. The molecular weight excluding hydrogens is 268 g/mol. The van der Waals surface area contributed by atoms with E-state index in [1.54, 1.807) is 30.4 Å². The highest BCUT2D eigenvalue weighted by Crippen LogP contribution is 2.15. The van der Waals surface area contributed by atoms with Crippen molar-refractivity contribution in [1.82, 2.24) is 14.9 Å². The number of aliphatic hydroxyl groups is 1. The molecular formula is C15H24N4O2. The maximum atomic E-state index is 12.0. The van der Waals surface area contributed by atoms with E-state index >= 15 is 0 Å². The molecule has 0 atom stereocenters. The van der Waals surface area contributed by atoms with Gasteiger partial charge < -0.3 is 14.9 Å². The third kappa shape index (κ3) is 5.51. The molecule has 0 bridgehead atoms. The Morgan fingerprint density at radius 1 is 1.29 bits per heavy atom. The number of anilines is 1. The fourth-order valence-corrected chi connectivity index (χ4v) is 1.71. The lowest BCUT2D eigenvalue weighted by atomic mass is 9.94. The quantitative estimate of drug-likeness (QED) is 0.793. The number of amides is 1. The minimum absolute atomic E-state index is 0.0359. The number of carbonyl (C=O) groups excluding carboxylic acids is 1. The zero-order valence-electron chi connectivity index (χ0n) is 13.4. The normalized spacial score (nSPS) is 11.7. The molecule has 1 N–H and O–H groups in total. The van der Waals surface area contributed by atoms with Gasteiger partial charge in [0.1, 0.15) is 0 Å². The van der Waals surface area contributed by atoms with Crippen LogP contribution in [-0.2, 0) is 4.79 Å². The second-order valence-corrected chi connectivity index (χ2v) is 6.06. The largest absolute Gasteiger partial charge is 0.396 e. The lowest BCUT2D eigenvalue weighted by Gasteiger charge is -2.27. The van der Waals surface area contributed by atoms with Gasteiger partial charge in [-0.25, -0.2) is 9.97 Å². The number of hydrogen-bond acceptors (Lipinski definition) is 5. The van der Waals surface area contributed by atoms with Crippen LogP contribution in [0.4, 0.5) is 5.95 Å². The molecule has 0 unspecified atom stereocenters. The predicted octanol–water partition coefficient (Wildman–Crippen LogP) is 1.03. The molecule has 0 spiro atoms. The fraction of sp³-hybridized carbons (Fsp3) is 0.533. The van der Waals surface area contributed by atoms with Crippen LogP contribution in [0, 0.1) is 5.41 Å². The van der Waals surface area contributed by atoms with E-state index < -0.39 is 0 Å². The number of hydrogen-bond donors (Lipinski definition) is 1. The van der Waals surface area contributed by atoms with Crippen molar-refractivity contribution in [3.63, 3.8) is 0 Å². The van der Waals surface area contributed by atoms with E-state index in [9.17, 15) is 9.90 Å². The average Bonchev–Trinajstić information content (AvgIpc) is 2.44. The van der Waals surface area contributed by atoms with E-state index in [4.69, 9.17) is 0 Å². The first-order valence-electron chi connectivity index (χ1n) is 6.78. The van der Waals surface area contributed by atoms with Crippen LogP contribution in [0.3, 0.4) is 0 Å². The van der Waals surface area contributed by atoms with Crippen LogP contribution >= 0.6 is 0 Å². The van der Waals surface area contributed by atoms with Crippen LogP contribution in [-0.4, -0.2) is 60.2 Å². The van der Waals surface area contributed by atoms with E-state index in [1.165, 1.54) is 6.08 Å². The minimum atomic E-state index is -0.311. The molecule has 1 aromatic rings. The Balaban J connectivity index is 2.65. The molecule has 0 fully saturated rings. The van der Waals surface area contributed by atoms with Gasteiger partial charge in [-0.2, -0.15) is 0 Å². The van der Waals surface area contributed by atoms with Crippen molar-refractivity contribution >= 4 is 17.9 Å². The maximum absolute atomic E-state index is 12.0. The van der Waals surface area contributed by atoms with Crippen molar-refractivity contribution < 1.29 is 9.90 Å². The Morgan fingerprint density at radius 2 is 1.86 bits per heavy atom. The minimum Gasteiger partial charge on any atom is -0.396 e. The smallest absolute Gasteiger partial charge is 0.246 e. The Kier molecular flexibility index (Phi) is 5.84. The summed E-state index contributed by atoms with van der Waals surface area (Å²) in [6, 6.07) is 0. The molecule has 116 valence electrons. The Morgan fingerprint density at radius 3 is 2.33 bits per heavy atom. The summed E-state index contributed by atoms with van der Waals surface area (Å²) in [5.41, 5.74) is 0.457. The first-order valence-corrected chi connectivity index (χ1v) is 6.78. The van der Waals surface area contributed by atoms with E-state index in [2.05, 4.69) is 9.97 Å². The zero-order chi connectivity index (χ0) is 16.0. The van der Waals surface area contributed by atoms with Crippen molar-refractivity contribution in [3.8, 4) is 0 Å². The van der Waals surface area contributed by atoms with Crippen molar-refractivity contribution in [2.75, 3.05) is 39.2 Å². The molecule has 0 saturated carbocycles. The van der Waals surface area contributed by atoms with Gasteiger partial charge in [0, 0.05) is 63.7 Å². The van der Waals surface area contributed by atoms with Gasteiger partial charge in [0.2, 0.25) is 11.9 Å².